The highest BCUT2D eigenvalue weighted by Gasteiger charge is 2.26. The molecular formula is C15H31NO2S. The number of nitrogens with one attached hydrogen (secondary N) is 1. The Morgan fingerprint density at radius 3 is 2.47 bits per heavy atom. The molecule has 1 fully saturated rings. The molecule has 1 saturated carbocycles. The summed E-state index contributed by atoms with van der Waals surface area (Å²) in [6, 6.07) is 0.511. The second-order valence-corrected chi connectivity index (χ2v) is 8.38. The van der Waals surface area contributed by atoms with Crippen molar-refractivity contribution in [3.05, 3.63) is 0 Å². The maximum absolute atomic E-state index is 12.2. The minimum Gasteiger partial charge on any atom is -0.314 e. The number of hydrogen-bond donors (Lipinski definition) is 1. The van der Waals surface area contributed by atoms with Crippen molar-refractivity contribution in [3.63, 3.8) is 0 Å². The summed E-state index contributed by atoms with van der Waals surface area (Å²) in [4.78, 5) is 0. The largest absolute Gasteiger partial charge is 0.314 e. The molecule has 0 radical (unpaired) electrons. The molecule has 3 nitrogen and oxygen atoms in total. The molecule has 0 aromatic heterocycles. The molecule has 1 unspecified atom stereocenters. The zero-order valence-electron chi connectivity index (χ0n) is 12.7. The highest BCUT2D eigenvalue weighted by Crippen LogP contribution is 2.24. The fraction of sp³-hybridized carbons (Fsp3) is 1.00. The van der Waals surface area contributed by atoms with Crippen molar-refractivity contribution in [2.24, 2.45) is 0 Å². The average molecular weight is 289 g/mol. The molecule has 0 aliphatic heterocycles. The van der Waals surface area contributed by atoms with Gasteiger partial charge in [0.2, 0.25) is 0 Å². The zero-order chi connectivity index (χ0) is 14.1. The Morgan fingerprint density at radius 2 is 1.84 bits per heavy atom. The van der Waals surface area contributed by atoms with Crippen LogP contribution in [0.25, 0.3) is 0 Å². The van der Waals surface area contributed by atoms with E-state index in [1.54, 1.807) is 0 Å². The molecule has 0 aromatic rings. The van der Waals surface area contributed by atoms with Crippen LogP contribution in [0.15, 0.2) is 0 Å². The van der Waals surface area contributed by atoms with Crippen molar-refractivity contribution >= 4 is 9.84 Å². The number of hydrogen-bond acceptors (Lipinski definition) is 3. The standard InChI is InChI=1S/C15H31NO2S/c1-3-12-16-14(2)9-7-8-13-19(17,18)15-10-5-4-6-11-15/h14-16H,3-13H2,1-2H3. The molecule has 0 heterocycles. The van der Waals surface area contributed by atoms with Crippen LogP contribution < -0.4 is 5.32 Å². The third-order valence-electron chi connectivity index (χ3n) is 4.12. The van der Waals surface area contributed by atoms with E-state index in [1.165, 1.54) is 6.42 Å². The van der Waals surface area contributed by atoms with Crippen molar-refractivity contribution in [2.75, 3.05) is 12.3 Å². The maximum Gasteiger partial charge on any atom is 0.153 e. The van der Waals surface area contributed by atoms with Gasteiger partial charge in [-0.3, -0.25) is 0 Å². The van der Waals surface area contributed by atoms with Gasteiger partial charge >= 0.3 is 0 Å². The van der Waals surface area contributed by atoms with Gasteiger partial charge in [0.25, 0.3) is 0 Å². The van der Waals surface area contributed by atoms with Gasteiger partial charge in [-0.25, -0.2) is 8.42 Å². The SMILES string of the molecule is CCCNC(C)CCCCS(=O)(=O)C1CCCCC1. The normalized spacial score (nSPS) is 19.5. The number of rotatable bonds is 9. The quantitative estimate of drug-likeness (QED) is 0.663. The van der Waals surface area contributed by atoms with Crippen molar-refractivity contribution in [1.82, 2.24) is 5.32 Å². The molecule has 1 atom stereocenters. The van der Waals surface area contributed by atoms with Crippen molar-refractivity contribution in [3.8, 4) is 0 Å². The molecule has 19 heavy (non-hydrogen) atoms. The third-order valence-corrected chi connectivity index (χ3v) is 6.46. The maximum atomic E-state index is 12.2. The van der Waals surface area contributed by atoms with Crippen LogP contribution in [0.2, 0.25) is 0 Å². The van der Waals surface area contributed by atoms with Crippen LogP contribution >= 0.6 is 0 Å². The van der Waals surface area contributed by atoms with Gasteiger partial charge in [-0.15, -0.1) is 0 Å². The fourth-order valence-corrected chi connectivity index (χ4v) is 4.83. The van der Waals surface area contributed by atoms with Crippen LogP contribution in [-0.2, 0) is 9.84 Å². The van der Waals surface area contributed by atoms with Gasteiger partial charge in [-0.05, 0) is 45.6 Å². The van der Waals surface area contributed by atoms with Gasteiger partial charge in [0, 0.05) is 6.04 Å². The van der Waals surface area contributed by atoms with Crippen LogP contribution in [0.4, 0.5) is 0 Å². The number of unbranched alkanes of at least 4 members (excludes halogenated alkanes) is 1. The van der Waals surface area contributed by atoms with Crippen LogP contribution in [0.3, 0.4) is 0 Å². The Morgan fingerprint density at radius 1 is 1.16 bits per heavy atom. The number of sulfone groups is 1. The molecular weight excluding hydrogens is 258 g/mol. The van der Waals surface area contributed by atoms with E-state index in [9.17, 15) is 8.42 Å². The summed E-state index contributed by atoms with van der Waals surface area (Å²) in [6.07, 6.45) is 9.30. The van der Waals surface area contributed by atoms with E-state index in [4.69, 9.17) is 0 Å². The summed E-state index contributed by atoms with van der Waals surface area (Å²) in [7, 11) is -2.82. The highest BCUT2D eigenvalue weighted by atomic mass is 32.2. The summed E-state index contributed by atoms with van der Waals surface area (Å²) < 4.78 is 24.4. The molecule has 1 N–H and O–H groups in total. The van der Waals surface area contributed by atoms with Gasteiger partial charge in [-0.1, -0.05) is 32.6 Å². The Hall–Kier alpha value is -0.0900. The molecule has 0 saturated heterocycles. The van der Waals surface area contributed by atoms with E-state index >= 15 is 0 Å². The van der Waals surface area contributed by atoms with Gasteiger partial charge in [0.15, 0.2) is 9.84 Å². The van der Waals surface area contributed by atoms with Gasteiger partial charge in [0.05, 0.1) is 11.0 Å². The third kappa shape index (κ3) is 6.75. The average Bonchev–Trinajstić information content (AvgIpc) is 2.42. The summed E-state index contributed by atoms with van der Waals surface area (Å²) >= 11 is 0. The van der Waals surface area contributed by atoms with Crippen LogP contribution in [0, 0.1) is 0 Å². The van der Waals surface area contributed by atoms with Crippen LogP contribution in [0.1, 0.15) is 71.6 Å². The highest BCUT2D eigenvalue weighted by molar-refractivity contribution is 7.92. The fourth-order valence-electron chi connectivity index (χ4n) is 2.84. The summed E-state index contributed by atoms with van der Waals surface area (Å²) in [6.45, 7) is 5.41. The molecule has 114 valence electrons. The van der Waals surface area contributed by atoms with Crippen molar-refractivity contribution < 1.29 is 8.42 Å². The molecule has 1 rings (SSSR count). The molecule has 0 amide bonds. The molecule has 0 aromatic carbocycles. The first-order valence-corrected chi connectivity index (χ1v) is 9.72. The predicted molar refractivity (Wildman–Crippen MR) is 82.3 cm³/mol. The van der Waals surface area contributed by atoms with E-state index in [2.05, 4.69) is 19.2 Å². The smallest absolute Gasteiger partial charge is 0.153 e. The van der Waals surface area contributed by atoms with E-state index < -0.39 is 9.84 Å². The minimum atomic E-state index is -2.82. The van der Waals surface area contributed by atoms with E-state index in [-0.39, 0.29) is 5.25 Å². The molecule has 1 aliphatic rings. The predicted octanol–water partition coefficient (Wildman–Crippen LogP) is 3.29. The Kier molecular flexibility index (Phi) is 8.00. The topological polar surface area (TPSA) is 46.2 Å². The molecule has 0 bridgehead atoms. The lowest BCUT2D eigenvalue weighted by atomic mass is 10.0. The second kappa shape index (κ2) is 8.96. The van der Waals surface area contributed by atoms with E-state index in [0.29, 0.717) is 11.8 Å². The Balaban J connectivity index is 2.17. The van der Waals surface area contributed by atoms with E-state index in [0.717, 1.165) is 57.9 Å². The monoisotopic (exact) mass is 289 g/mol. The summed E-state index contributed by atoms with van der Waals surface area (Å²) in [5, 5.41) is 3.41. The van der Waals surface area contributed by atoms with Crippen LogP contribution in [-0.4, -0.2) is 32.0 Å². The lowest BCUT2D eigenvalue weighted by molar-refractivity contribution is 0.477. The Labute approximate surface area is 119 Å². The minimum absolute atomic E-state index is 0.0307. The summed E-state index contributed by atoms with van der Waals surface area (Å²) in [5.74, 6) is 0.401. The van der Waals surface area contributed by atoms with Crippen molar-refractivity contribution in [1.29, 1.82) is 0 Å². The molecule has 1 aliphatic carbocycles. The van der Waals surface area contributed by atoms with Gasteiger partial charge < -0.3 is 5.32 Å². The van der Waals surface area contributed by atoms with Crippen molar-refractivity contribution in [2.45, 2.75) is 82.9 Å². The lowest BCUT2D eigenvalue weighted by Gasteiger charge is -2.21. The zero-order valence-corrected chi connectivity index (χ0v) is 13.5. The lowest BCUT2D eigenvalue weighted by Crippen LogP contribution is -2.28. The summed E-state index contributed by atoms with van der Waals surface area (Å²) in [5.41, 5.74) is 0. The molecule has 0 spiro atoms. The molecule has 4 heteroatoms. The van der Waals surface area contributed by atoms with Crippen LogP contribution in [0.5, 0.6) is 0 Å². The first kappa shape index (κ1) is 17.0. The van der Waals surface area contributed by atoms with E-state index in [1.807, 2.05) is 0 Å². The van der Waals surface area contributed by atoms with Gasteiger partial charge in [-0.2, -0.15) is 0 Å². The Bertz CT molecular complexity index is 321. The van der Waals surface area contributed by atoms with Gasteiger partial charge in [0.1, 0.15) is 0 Å². The first-order valence-electron chi connectivity index (χ1n) is 8.01. The first-order chi connectivity index (χ1) is 9.06. The second-order valence-electron chi connectivity index (χ2n) is 5.98.